The topological polar surface area (TPSA) is 90.3 Å². The van der Waals surface area contributed by atoms with Crippen LogP contribution in [0, 0.1) is 6.92 Å². The molecule has 0 saturated carbocycles. The lowest BCUT2D eigenvalue weighted by atomic mass is 10.2. The van der Waals surface area contributed by atoms with Crippen LogP contribution in [0.3, 0.4) is 0 Å². The van der Waals surface area contributed by atoms with Gasteiger partial charge in [-0.3, -0.25) is 14.2 Å². The van der Waals surface area contributed by atoms with E-state index in [0.29, 0.717) is 31.4 Å². The molecule has 0 aliphatic rings. The molecule has 1 N–H and O–H groups in total. The number of hydrogen-bond acceptors (Lipinski definition) is 6. The van der Waals surface area contributed by atoms with Crippen molar-refractivity contribution in [3.8, 4) is 0 Å². The minimum Gasteiger partial charge on any atom is -0.462 e. The Bertz CT molecular complexity index is 1140. The Morgan fingerprint density at radius 2 is 2.07 bits per heavy atom. The van der Waals surface area contributed by atoms with Gasteiger partial charge in [0.15, 0.2) is 0 Å². The van der Waals surface area contributed by atoms with Gasteiger partial charge >= 0.3 is 5.97 Å². The van der Waals surface area contributed by atoms with Crippen LogP contribution in [0.5, 0.6) is 0 Å². The number of thiophene rings is 1. The molecule has 28 heavy (non-hydrogen) atoms. The fourth-order valence-electron chi connectivity index (χ4n) is 2.61. The summed E-state index contributed by atoms with van der Waals surface area (Å²) in [6.45, 7) is 3.33. The Kier molecular flexibility index (Phi) is 6.02. The van der Waals surface area contributed by atoms with E-state index in [1.807, 2.05) is 0 Å². The number of hydrogen-bond donors (Lipinski definition) is 1. The molecule has 0 aliphatic heterocycles. The predicted molar refractivity (Wildman–Crippen MR) is 110 cm³/mol. The van der Waals surface area contributed by atoms with E-state index in [1.54, 1.807) is 32.0 Å². The number of amides is 1. The number of nitrogens with zero attached hydrogens (tertiary/aromatic N) is 2. The largest absolute Gasteiger partial charge is 0.462 e. The van der Waals surface area contributed by atoms with E-state index in [2.05, 4.69) is 10.3 Å². The Morgan fingerprint density at radius 3 is 2.79 bits per heavy atom. The molecule has 0 aliphatic carbocycles. The molecule has 0 saturated heterocycles. The number of nitrogens with one attached hydrogen (secondary N) is 1. The highest BCUT2D eigenvalue weighted by Crippen LogP contribution is 2.30. The number of carbonyl (C=O) groups is 2. The number of aromatic nitrogens is 2. The number of rotatable bonds is 5. The van der Waals surface area contributed by atoms with Crippen LogP contribution in [-0.4, -0.2) is 28.0 Å². The first-order chi connectivity index (χ1) is 13.3. The summed E-state index contributed by atoms with van der Waals surface area (Å²) in [6, 6.07) is 4.85. The molecular weight excluding hydrogens is 425 g/mol. The summed E-state index contributed by atoms with van der Waals surface area (Å²) in [6.07, 6.45) is 1.27. The van der Waals surface area contributed by atoms with Gasteiger partial charge in [0.05, 0.1) is 34.1 Å². The Hall–Kier alpha value is -2.42. The number of carbonyl (C=O) groups excluding carboxylic acids is 2. The van der Waals surface area contributed by atoms with Gasteiger partial charge in [0.1, 0.15) is 16.3 Å². The van der Waals surface area contributed by atoms with Crippen molar-refractivity contribution >= 4 is 62.3 Å². The summed E-state index contributed by atoms with van der Waals surface area (Å²) in [7, 11) is 0. The first-order valence-electron chi connectivity index (χ1n) is 8.23. The van der Waals surface area contributed by atoms with Gasteiger partial charge in [0.2, 0.25) is 5.91 Å². The molecule has 0 radical (unpaired) electrons. The molecule has 0 unspecified atom stereocenters. The number of esters is 1. The van der Waals surface area contributed by atoms with Crippen molar-refractivity contribution in [2.75, 3.05) is 11.9 Å². The van der Waals surface area contributed by atoms with Crippen LogP contribution in [0.2, 0.25) is 10.0 Å². The summed E-state index contributed by atoms with van der Waals surface area (Å²) in [4.78, 5) is 42.1. The fraction of sp³-hybridized carbons (Fsp3) is 0.222. The monoisotopic (exact) mass is 439 g/mol. The summed E-state index contributed by atoms with van der Waals surface area (Å²) in [5, 5.41) is 3.43. The van der Waals surface area contributed by atoms with E-state index in [1.165, 1.54) is 10.9 Å². The number of aryl methyl sites for hydroxylation is 1. The van der Waals surface area contributed by atoms with Crippen LogP contribution in [0.4, 0.5) is 5.69 Å². The van der Waals surface area contributed by atoms with Crippen molar-refractivity contribution in [2.24, 2.45) is 0 Å². The molecule has 7 nitrogen and oxygen atoms in total. The van der Waals surface area contributed by atoms with E-state index in [0.717, 1.165) is 11.3 Å². The van der Waals surface area contributed by atoms with E-state index in [-0.39, 0.29) is 18.2 Å². The van der Waals surface area contributed by atoms with Gasteiger partial charge in [0, 0.05) is 0 Å². The molecule has 0 atom stereocenters. The third kappa shape index (κ3) is 3.89. The normalized spacial score (nSPS) is 10.9. The van der Waals surface area contributed by atoms with Crippen molar-refractivity contribution in [2.45, 2.75) is 20.4 Å². The lowest BCUT2D eigenvalue weighted by Gasteiger charge is -2.09. The maximum atomic E-state index is 12.8. The Balaban J connectivity index is 1.89. The SMILES string of the molecule is CCOC(=O)c1sc2ncn(CC(=O)Nc3cccc(Cl)c3Cl)c(=O)c2c1C. The fourth-order valence-corrected chi connectivity index (χ4v) is 3.99. The third-order valence-electron chi connectivity index (χ3n) is 3.92. The molecule has 2 aromatic heterocycles. The highest BCUT2D eigenvalue weighted by Gasteiger charge is 2.21. The molecule has 0 fully saturated rings. The summed E-state index contributed by atoms with van der Waals surface area (Å²) < 4.78 is 6.18. The maximum Gasteiger partial charge on any atom is 0.348 e. The smallest absolute Gasteiger partial charge is 0.348 e. The van der Waals surface area contributed by atoms with Crippen LogP contribution in [0.1, 0.15) is 22.2 Å². The van der Waals surface area contributed by atoms with Crippen molar-refractivity contribution in [3.05, 3.63) is 55.4 Å². The average Bonchev–Trinajstić information content (AvgIpc) is 2.99. The lowest BCUT2D eigenvalue weighted by Crippen LogP contribution is -2.28. The number of anilines is 1. The minimum atomic E-state index is -0.498. The maximum absolute atomic E-state index is 12.8. The van der Waals surface area contributed by atoms with Crippen molar-refractivity contribution in [3.63, 3.8) is 0 Å². The number of ether oxygens (including phenoxy) is 1. The number of halogens is 2. The zero-order chi connectivity index (χ0) is 20.4. The van der Waals surface area contributed by atoms with E-state index in [4.69, 9.17) is 27.9 Å². The van der Waals surface area contributed by atoms with Gasteiger partial charge in [-0.05, 0) is 31.5 Å². The van der Waals surface area contributed by atoms with Gasteiger partial charge < -0.3 is 10.1 Å². The zero-order valence-corrected chi connectivity index (χ0v) is 17.2. The molecular formula is C18H15Cl2N3O4S. The predicted octanol–water partition coefficient (Wildman–Crippen LogP) is 3.89. The molecule has 1 aromatic carbocycles. The van der Waals surface area contributed by atoms with Crippen molar-refractivity contribution in [1.82, 2.24) is 9.55 Å². The molecule has 1 amide bonds. The van der Waals surface area contributed by atoms with Crippen LogP contribution in [0.25, 0.3) is 10.2 Å². The molecule has 3 aromatic rings. The lowest BCUT2D eigenvalue weighted by molar-refractivity contribution is -0.116. The minimum absolute atomic E-state index is 0.214. The summed E-state index contributed by atoms with van der Waals surface area (Å²) in [5.41, 5.74) is 0.419. The second-order valence-electron chi connectivity index (χ2n) is 5.78. The molecule has 0 spiro atoms. The first kappa shape index (κ1) is 20.3. The standard InChI is InChI=1S/C18H15Cl2N3O4S/c1-3-27-18(26)15-9(2)13-16(28-15)21-8-23(17(13)25)7-12(24)22-11-6-4-5-10(19)14(11)20/h4-6,8H,3,7H2,1-2H3,(H,22,24). The van der Waals surface area contributed by atoms with Gasteiger partial charge in [0.25, 0.3) is 5.56 Å². The molecule has 10 heteroatoms. The van der Waals surface area contributed by atoms with Gasteiger partial charge in [-0.1, -0.05) is 29.3 Å². The quantitative estimate of drug-likeness (QED) is 0.608. The zero-order valence-electron chi connectivity index (χ0n) is 14.9. The molecule has 2 heterocycles. The Labute approximate surface area is 173 Å². The van der Waals surface area contributed by atoms with Crippen molar-refractivity contribution in [1.29, 1.82) is 0 Å². The summed E-state index contributed by atoms with van der Waals surface area (Å²) in [5.74, 6) is -0.965. The first-order valence-corrected chi connectivity index (χ1v) is 9.80. The molecule has 3 rings (SSSR count). The number of fused-ring (bicyclic) bond motifs is 1. The average molecular weight is 440 g/mol. The van der Waals surface area contributed by atoms with E-state index < -0.39 is 17.4 Å². The highest BCUT2D eigenvalue weighted by molar-refractivity contribution is 7.20. The third-order valence-corrected chi connectivity index (χ3v) is 5.92. The summed E-state index contributed by atoms with van der Waals surface area (Å²) >= 11 is 13.1. The molecule has 0 bridgehead atoms. The van der Waals surface area contributed by atoms with Crippen LogP contribution >= 0.6 is 34.5 Å². The van der Waals surface area contributed by atoms with Gasteiger partial charge in [-0.25, -0.2) is 9.78 Å². The Morgan fingerprint density at radius 1 is 1.32 bits per heavy atom. The second kappa shape index (κ2) is 8.30. The van der Waals surface area contributed by atoms with Gasteiger partial charge in [-0.15, -0.1) is 11.3 Å². The number of benzene rings is 1. The highest BCUT2D eigenvalue weighted by atomic mass is 35.5. The second-order valence-corrected chi connectivity index (χ2v) is 7.57. The van der Waals surface area contributed by atoms with Crippen LogP contribution in [0.15, 0.2) is 29.3 Å². The van der Waals surface area contributed by atoms with Gasteiger partial charge in [-0.2, -0.15) is 0 Å². The van der Waals surface area contributed by atoms with E-state index >= 15 is 0 Å². The van der Waals surface area contributed by atoms with Crippen LogP contribution < -0.4 is 10.9 Å². The van der Waals surface area contributed by atoms with Crippen molar-refractivity contribution < 1.29 is 14.3 Å². The van der Waals surface area contributed by atoms with Crippen LogP contribution in [-0.2, 0) is 16.1 Å². The van der Waals surface area contributed by atoms with E-state index in [9.17, 15) is 14.4 Å². The molecule has 146 valence electrons.